The summed E-state index contributed by atoms with van der Waals surface area (Å²) < 4.78 is 13.3. The van der Waals surface area contributed by atoms with Crippen molar-refractivity contribution in [1.82, 2.24) is 10.2 Å². The molecule has 7 heteroatoms. The fourth-order valence-electron chi connectivity index (χ4n) is 4.42. The standard InChI is InChI=1S/C24H28FN3O2S/c25-20-7-5-19(6-8-20)24(11-1-2-12-24)27-23(30)26-21-9-3-18(4-10-21)17-22(29)28-13-15-31-16-14-28/h3-10H,1-2,11-17H2,(H2,26,27,30). The molecule has 1 heterocycles. The van der Waals surface area contributed by atoms with Gasteiger partial charge < -0.3 is 15.5 Å². The highest BCUT2D eigenvalue weighted by Gasteiger charge is 2.37. The molecule has 0 bridgehead atoms. The lowest BCUT2D eigenvalue weighted by Gasteiger charge is -2.31. The SMILES string of the molecule is O=C(Nc1ccc(CC(=O)N2CCSCC2)cc1)NC1(c2ccc(F)cc2)CCCC1. The van der Waals surface area contributed by atoms with E-state index in [1.54, 1.807) is 12.1 Å². The Bertz CT molecular complexity index is 905. The van der Waals surface area contributed by atoms with E-state index in [1.807, 2.05) is 40.9 Å². The third kappa shape index (κ3) is 5.39. The fraction of sp³-hybridized carbons (Fsp3) is 0.417. The smallest absolute Gasteiger partial charge is 0.319 e. The quantitative estimate of drug-likeness (QED) is 0.716. The molecule has 0 atom stereocenters. The molecule has 2 fully saturated rings. The van der Waals surface area contributed by atoms with E-state index in [-0.39, 0.29) is 17.8 Å². The molecule has 2 aromatic carbocycles. The average molecular weight is 442 g/mol. The van der Waals surface area contributed by atoms with Crippen molar-refractivity contribution in [2.45, 2.75) is 37.6 Å². The van der Waals surface area contributed by atoms with Gasteiger partial charge >= 0.3 is 6.03 Å². The van der Waals surface area contributed by atoms with Crippen LogP contribution in [0.2, 0.25) is 0 Å². The zero-order valence-electron chi connectivity index (χ0n) is 17.5. The molecule has 31 heavy (non-hydrogen) atoms. The van der Waals surface area contributed by atoms with Crippen molar-refractivity contribution in [2.24, 2.45) is 0 Å². The van der Waals surface area contributed by atoms with Crippen molar-refractivity contribution in [3.8, 4) is 0 Å². The first-order valence-electron chi connectivity index (χ1n) is 10.8. The Morgan fingerprint density at radius 2 is 1.61 bits per heavy atom. The summed E-state index contributed by atoms with van der Waals surface area (Å²) in [4.78, 5) is 27.1. The van der Waals surface area contributed by atoms with Gasteiger partial charge in [-0.1, -0.05) is 37.1 Å². The van der Waals surface area contributed by atoms with Crippen LogP contribution < -0.4 is 10.6 Å². The Morgan fingerprint density at radius 3 is 2.26 bits per heavy atom. The number of urea groups is 1. The molecule has 4 rings (SSSR count). The lowest BCUT2D eigenvalue weighted by Crippen LogP contribution is -2.45. The predicted octanol–water partition coefficient (Wildman–Crippen LogP) is 4.53. The predicted molar refractivity (Wildman–Crippen MR) is 123 cm³/mol. The monoisotopic (exact) mass is 441 g/mol. The summed E-state index contributed by atoms with van der Waals surface area (Å²) in [5.74, 6) is 1.88. The number of hydrogen-bond acceptors (Lipinski definition) is 3. The number of nitrogens with one attached hydrogen (secondary N) is 2. The van der Waals surface area contributed by atoms with Crippen molar-refractivity contribution in [1.29, 1.82) is 0 Å². The van der Waals surface area contributed by atoms with Crippen molar-refractivity contribution < 1.29 is 14.0 Å². The molecule has 0 unspecified atom stereocenters. The van der Waals surface area contributed by atoms with E-state index in [1.165, 1.54) is 12.1 Å². The number of hydrogen-bond donors (Lipinski definition) is 2. The molecule has 164 valence electrons. The Balaban J connectivity index is 1.35. The molecule has 2 N–H and O–H groups in total. The minimum atomic E-state index is -0.461. The van der Waals surface area contributed by atoms with E-state index >= 15 is 0 Å². The van der Waals surface area contributed by atoms with Crippen molar-refractivity contribution in [3.05, 3.63) is 65.5 Å². The normalized spacial score (nSPS) is 17.9. The van der Waals surface area contributed by atoms with Gasteiger partial charge in [0.2, 0.25) is 5.91 Å². The van der Waals surface area contributed by atoms with Crippen LogP contribution in [0.15, 0.2) is 48.5 Å². The number of amides is 3. The van der Waals surface area contributed by atoms with Crippen LogP contribution in [0, 0.1) is 5.82 Å². The zero-order chi connectivity index (χ0) is 21.7. The summed E-state index contributed by atoms with van der Waals surface area (Å²) in [6.07, 6.45) is 4.10. The van der Waals surface area contributed by atoms with E-state index in [9.17, 15) is 14.0 Å². The van der Waals surface area contributed by atoms with Crippen LogP contribution in [0.3, 0.4) is 0 Å². The van der Waals surface area contributed by atoms with Gasteiger partial charge in [-0.2, -0.15) is 11.8 Å². The molecule has 1 saturated heterocycles. The number of carbonyl (C=O) groups is 2. The molecule has 3 amide bonds. The number of rotatable bonds is 5. The molecule has 0 aromatic heterocycles. The van der Waals surface area contributed by atoms with Crippen LogP contribution in [-0.4, -0.2) is 41.4 Å². The maximum atomic E-state index is 13.3. The molecule has 2 aromatic rings. The van der Waals surface area contributed by atoms with Crippen LogP contribution in [0.5, 0.6) is 0 Å². The molecular formula is C24H28FN3O2S. The number of benzene rings is 2. The second-order valence-electron chi connectivity index (χ2n) is 8.24. The third-order valence-corrected chi connectivity index (χ3v) is 7.08. The minimum absolute atomic E-state index is 0.154. The number of anilines is 1. The summed E-state index contributed by atoms with van der Waals surface area (Å²) in [6, 6.07) is 13.5. The molecule has 0 radical (unpaired) electrons. The van der Waals surface area contributed by atoms with Gasteiger partial charge in [0, 0.05) is 30.3 Å². The Hall–Kier alpha value is -2.54. The Labute approximate surface area is 186 Å². The van der Waals surface area contributed by atoms with Gasteiger partial charge in [-0.15, -0.1) is 0 Å². The van der Waals surface area contributed by atoms with Gasteiger partial charge in [0.05, 0.1) is 12.0 Å². The molecule has 1 aliphatic heterocycles. The molecule has 2 aliphatic rings. The van der Waals surface area contributed by atoms with E-state index in [0.29, 0.717) is 12.1 Å². The molecule has 0 spiro atoms. The lowest BCUT2D eigenvalue weighted by molar-refractivity contribution is -0.130. The number of thioether (sulfide) groups is 1. The van der Waals surface area contributed by atoms with E-state index in [2.05, 4.69) is 10.6 Å². The molecule has 5 nitrogen and oxygen atoms in total. The van der Waals surface area contributed by atoms with E-state index in [0.717, 1.165) is 61.4 Å². The first-order chi connectivity index (χ1) is 15.0. The Kier molecular flexibility index (Phi) is 6.80. The summed E-state index contributed by atoms with van der Waals surface area (Å²) in [7, 11) is 0. The minimum Gasteiger partial charge on any atom is -0.341 e. The summed E-state index contributed by atoms with van der Waals surface area (Å²) >= 11 is 1.88. The van der Waals surface area contributed by atoms with E-state index < -0.39 is 5.54 Å². The van der Waals surface area contributed by atoms with Gasteiger partial charge in [0.25, 0.3) is 0 Å². The van der Waals surface area contributed by atoms with Crippen LogP contribution in [0.1, 0.15) is 36.8 Å². The van der Waals surface area contributed by atoms with E-state index in [4.69, 9.17) is 0 Å². The summed E-state index contributed by atoms with van der Waals surface area (Å²) in [5.41, 5.74) is 2.09. The van der Waals surface area contributed by atoms with Gasteiger partial charge in [0.1, 0.15) is 5.82 Å². The summed E-state index contributed by atoms with van der Waals surface area (Å²) in [6.45, 7) is 1.64. The van der Waals surface area contributed by atoms with Crippen molar-refractivity contribution in [2.75, 3.05) is 29.9 Å². The Morgan fingerprint density at radius 1 is 0.968 bits per heavy atom. The topological polar surface area (TPSA) is 61.4 Å². The van der Waals surface area contributed by atoms with Crippen LogP contribution >= 0.6 is 11.8 Å². The van der Waals surface area contributed by atoms with Crippen LogP contribution in [0.25, 0.3) is 0 Å². The summed E-state index contributed by atoms with van der Waals surface area (Å²) in [5, 5.41) is 6.03. The van der Waals surface area contributed by atoms with Crippen molar-refractivity contribution >= 4 is 29.4 Å². The number of halogens is 1. The second kappa shape index (κ2) is 9.73. The maximum Gasteiger partial charge on any atom is 0.319 e. The third-order valence-electron chi connectivity index (χ3n) is 6.14. The van der Waals surface area contributed by atoms with Crippen LogP contribution in [0.4, 0.5) is 14.9 Å². The first-order valence-corrected chi connectivity index (χ1v) is 12.0. The number of carbonyl (C=O) groups excluding carboxylic acids is 2. The zero-order valence-corrected chi connectivity index (χ0v) is 18.3. The van der Waals surface area contributed by atoms with Crippen LogP contribution in [-0.2, 0) is 16.8 Å². The fourth-order valence-corrected chi connectivity index (χ4v) is 5.32. The average Bonchev–Trinajstić information content (AvgIpc) is 3.25. The second-order valence-corrected chi connectivity index (χ2v) is 9.47. The molecular weight excluding hydrogens is 413 g/mol. The van der Waals surface area contributed by atoms with Gasteiger partial charge in [-0.3, -0.25) is 4.79 Å². The first kappa shape index (κ1) is 21.7. The largest absolute Gasteiger partial charge is 0.341 e. The van der Waals surface area contributed by atoms with Crippen molar-refractivity contribution in [3.63, 3.8) is 0 Å². The molecule has 1 aliphatic carbocycles. The maximum absolute atomic E-state index is 13.3. The van der Waals surface area contributed by atoms with Gasteiger partial charge in [0.15, 0.2) is 0 Å². The highest BCUT2D eigenvalue weighted by Crippen LogP contribution is 2.38. The number of nitrogens with zero attached hydrogens (tertiary/aromatic N) is 1. The van der Waals surface area contributed by atoms with Gasteiger partial charge in [-0.05, 0) is 48.2 Å². The molecule has 1 saturated carbocycles. The highest BCUT2D eigenvalue weighted by molar-refractivity contribution is 7.99. The lowest BCUT2D eigenvalue weighted by atomic mass is 9.88. The van der Waals surface area contributed by atoms with Gasteiger partial charge in [-0.25, -0.2) is 9.18 Å². The highest BCUT2D eigenvalue weighted by atomic mass is 32.2.